The van der Waals surface area contributed by atoms with Crippen LogP contribution in [0.15, 0.2) is 30.3 Å². The lowest BCUT2D eigenvalue weighted by Gasteiger charge is -2.17. The van der Waals surface area contributed by atoms with Crippen LogP contribution in [0.2, 0.25) is 0 Å². The molecule has 6 nitrogen and oxygen atoms in total. The van der Waals surface area contributed by atoms with Gasteiger partial charge in [-0.1, -0.05) is 6.07 Å². The van der Waals surface area contributed by atoms with Crippen LogP contribution in [0, 0.1) is 6.92 Å². The highest BCUT2D eigenvalue weighted by Crippen LogP contribution is 2.29. The molecule has 0 aliphatic carbocycles. The fraction of sp³-hybridized carbons (Fsp3) is 0.333. The summed E-state index contributed by atoms with van der Waals surface area (Å²) in [5.74, 6) is 2.42. The number of aromatic amines is 1. The zero-order chi connectivity index (χ0) is 16.5. The van der Waals surface area contributed by atoms with Crippen molar-refractivity contribution in [2.75, 3.05) is 30.4 Å². The van der Waals surface area contributed by atoms with E-state index in [0.29, 0.717) is 0 Å². The molecule has 24 heavy (non-hydrogen) atoms. The van der Waals surface area contributed by atoms with E-state index in [2.05, 4.69) is 21.3 Å². The minimum atomic E-state index is 0.784. The number of anilines is 3. The lowest BCUT2D eigenvalue weighted by atomic mass is 10.3. The first-order chi connectivity index (χ1) is 11.7. The number of hydrogen-bond acceptors (Lipinski definition) is 5. The van der Waals surface area contributed by atoms with Crippen molar-refractivity contribution in [3.05, 3.63) is 36.0 Å². The number of aromatic nitrogens is 3. The van der Waals surface area contributed by atoms with E-state index in [4.69, 9.17) is 14.7 Å². The van der Waals surface area contributed by atoms with E-state index in [9.17, 15) is 0 Å². The Morgan fingerprint density at radius 3 is 2.79 bits per heavy atom. The van der Waals surface area contributed by atoms with Crippen molar-refractivity contribution >= 4 is 28.5 Å². The van der Waals surface area contributed by atoms with E-state index in [1.807, 2.05) is 31.2 Å². The molecular formula is C18H21N5O. The Bertz CT molecular complexity index is 867. The summed E-state index contributed by atoms with van der Waals surface area (Å²) in [5, 5.41) is 4.42. The van der Waals surface area contributed by atoms with Gasteiger partial charge in [-0.25, -0.2) is 0 Å². The van der Waals surface area contributed by atoms with Gasteiger partial charge in [0.2, 0.25) is 5.95 Å². The van der Waals surface area contributed by atoms with Crippen LogP contribution < -0.4 is 15.0 Å². The number of hydrogen-bond donors (Lipinski definition) is 2. The van der Waals surface area contributed by atoms with Crippen molar-refractivity contribution in [1.82, 2.24) is 15.0 Å². The molecule has 3 heterocycles. The second-order valence-electron chi connectivity index (χ2n) is 6.14. The minimum Gasteiger partial charge on any atom is -0.497 e. The molecule has 0 amide bonds. The minimum absolute atomic E-state index is 0.784. The summed E-state index contributed by atoms with van der Waals surface area (Å²) in [6.45, 7) is 4.07. The van der Waals surface area contributed by atoms with Gasteiger partial charge in [0.1, 0.15) is 17.2 Å². The molecular weight excluding hydrogens is 302 g/mol. The molecule has 1 aromatic carbocycles. The Labute approximate surface area is 140 Å². The normalized spacial score (nSPS) is 14.3. The number of methoxy groups -OCH3 is 1. The number of H-pyrrole nitrogens is 1. The van der Waals surface area contributed by atoms with E-state index in [1.165, 1.54) is 12.8 Å². The van der Waals surface area contributed by atoms with E-state index < -0.39 is 0 Å². The summed E-state index contributed by atoms with van der Waals surface area (Å²) in [5.41, 5.74) is 2.89. The summed E-state index contributed by atoms with van der Waals surface area (Å²) < 4.78 is 5.30. The Balaban J connectivity index is 1.76. The number of ether oxygens (including phenoxy) is 1. The Morgan fingerprint density at radius 1 is 1.17 bits per heavy atom. The molecule has 1 aliphatic heterocycles. The lowest BCUT2D eigenvalue weighted by molar-refractivity contribution is 0.415. The topological polar surface area (TPSA) is 66.1 Å². The standard InChI is InChI=1S/C18H21N5O/c1-12-10-15-16(19-12)21-18(23-8-3-4-9-23)22-17(15)20-13-6-5-7-14(11-13)24-2/h5-7,10-11H,3-4,8-9H2,1-2H3,(H2,19,20,21,22). The third-order valence-electron chi connectivity index (χ3n) is 4.33. The van der Waals surface area contributed by atoms with Crippen LogP contribution in [0.4, 0.5) is 17.5 Å². The maximum atomic E-state index is 5.30. The molecule has 3 aromatic rings. The van der Waals surface area contributed by atoms with Gasteiger partial charge in [0.15, 0.2) is 0 Å². The molecule has 124 valence electrons. The Morgan fingerprint density at radius 2 is 2.00 bits per heavy atom. The summed E-state index contributed by atoms with van der Waals surface area (Å²) in [4.78, 5) is 15.1. The number of aryl methyl sites for hydroxylation is 1. The predicted molar refractivity (Wildman–Crippen MR) is 96.3 cm³/mol. The smallest absolute Gasteiger partial charge is 0.229 e. The van der Waals surface area contributed by atoms with Crippen molar-refractivity contribution in [1.29, 1.82) is 0 Å². The van der Waals surface area contributed by atoms with E-state index >= 15 is 0 Å². The second kappa shape index (κ2) is 6.03. The van der Waals surface area contributed by atoms with Crippen LogP contribution in [0.1, 0.15) is 18.5 Å². The molecule has 1 aliphatic rings. The van der Waals surface area contributed by atoms with Crippen LogP contribution in [0.3, 0.4) is 0 Å². The molecule has 6 heteroatoms. The van der Waals surface area contributed by atoms with Crippen molar-refractivity contribution in [3.63, 3.8) is 0 Å². The van der Waals surface area contributed by atoms with E-state index in [-0.39, 0.29) is 0 Å². The summed E-state index contributed by atoms with van der Waals surface area (Å²) in [7, 11) is 1.67. The molecule has 2 aromatic heterocycles. The van der Waals surface area contributed by atoms with E-state index in [1.54, 1.807) is 7.11 Å². The number of fused-ring (bicyclic) bond motifs is 1. The van der Waals surface area contributed by atoms with Crippen molar-refractivity contribution in [2.45, 2.75) is 19.8 Å². The van der Waals surface area contributed by atoms with Crippen LogP contribution in [-0.4, -0.2) is 35.2 Å². The Kier molecular flexibility index (Phi) is 3.72. The zero-order valence-electron chi connectivity index (χ0n) is 14.0. The van der Waals surface area contributed by atoms with Crippen LogP contribution >= 0.6 is 0 Å². The van der Waals surface area contributed by atoms with Gasteiger partial charge in [-0.05, 0) is 38.0 Å². The molecule has 4 rings (SSSR count). The highest BCUT2D eigenvalue weighted by Gasteiger charge is 2.18. The molecule has 0 spiro atoms. The van der Waals surface area contributed by atoms with Gasteiger partial charge in [0, 0.05) is 30.5 Å². The van der Waals surface area contributed by atoms with Gasteiger partial charge in [0.25, 0.3) is 0 Å². The fourth-order valence-corrected chi connectivity index (χ4v) is 3.12. The zero-order valence-corrected chi connectivity index (χ0v) is 14.0. The molecule has 1 saturated heterocycles. The SMILES string of the molecule is COc1cccc(Nc2nc(N3CCCC3)nc3[nH]c(C)cc23)c1. The first-order valence-electron chi connectivity index (χ1n) is 8.26. The van der Waals surface area contributed by atoms with E-state index in [0.717, 1.165) is 53.0 Å². The van der Waals surface area contributed by atoms with Gasteiger partial charge < -0.3 is 19.9 Å². The largest absolute Gasteiger partial charge is 0.497 e. The summed E-state index contributed by atoms with van der Waals surface area (Å²) in [6, 6.07) is 9.93. The maximum Gasteiger partial charge on any atom is 0.229 e. The molecule has 0 atom stereocenters. The molecule has 0 bridgehead atoms. The predicted octanol–water partition coefficient (Wildman–Crippen LogP) is 3.62. The summed E-state index contributed by atoms with van der Waals surface area (Å²) >= 11 is 0. The second-order valence-corrected chi connectivity index (χ2v) is 6.14. The Hall–Kier alpha value is -2.76. The van der Waals surface area contributed by atoms with Crippen LogP contribution in [0.25, 0.3) is 11.0 Å². The molecule has 1 fully saturated rings. The molecule has 2 N–H and O–H groups in total. The fourth-order valence-electron chi connectivity index (χ4n) is 3.12. The summed E-state index contributed by atoms with van der Waals surface area (Å²) in [6.07, 6.45) is 2.40. The third-order valence-corrected chi connectivity index (χ3v) is 4.33. The quantitative estimate of drug-likeness (QED) is 0.767. The van der Waals surface area contributed by atoms with Crippen molar-refractivity contribution in [3.8, 4) is 5.75 Å². The third kappa shape index (κ3) is 2.75. The van der Waals surface area contributed by atoms with Crippen molar-refractivity contribution < 1.29 is 4.74 Å². The molecule has 0 saturated carbocycles. The maximum absolute atomic E-state index is 5.30. The van der Waals surface area contributed by atoms with Gasteiger partial charge >= 0.3 is 0 Å². The first-order valence-corrected chi connectivity index (χ1v) is 8.26. The number of benzene rings is 1. The van der Waals surface area contributed by atoms with Gasteiger partial charge in [-0.3, -0.25) is 0 Å². The highest BCUT2D eigenvalue weighted by molar-refractivity contribution is 5.90. The highest BCUT2D eigenvalue weighted by atomic mass is 16.5. The monoisotopic (exact) mass is 323 g/mol. The van der Waals surface area contributed by atoms with Gasteiger partial charge in [-0.15, -0.1) is 0 Å². The molecule has 0 radical (unpaired) electrons. The number of rotatable bonds is 4. The number of nitrogens with zero attached hydrogens (tertiary/aromatic N) is 3. The number of nitrogens with one attached hydrogen (secondary N) is 2. The van der Waals surface area contributed by atoms with Crippen molar-refractivity contribution in [2.24, 2.45) is 0 Å². The van der Waals surface area contributed by atoms with Gasteiger partial charge in [-0.2, -0.15) is 9.97 Å². The first kappa shape index (κ1) is 14.8. The van der Waals surface area contributed by atoms with Crippen LogP contribution in [0.5, 0.6) is 5.75 Å². The average molecular weight is 323 g/mol. The lowest BCUT2D eigenvalue weighted by Crippen LogP contribution is -2.20. The van der Waals surface area contributed by atoms with Crippen LogP contribution in [-0.2, 0) is 0 Å². The average Bonchev–Trinajstić information content (AvgIpc) is 3.23. The van der Waals surface area contributed by atoms with Gasteiger partial charge in [0.05, 0.1) is 12.5 Å². The molecule has 0 unspecified atom stereocenters.